The molecule has 0 aliphatic carbocycles. The standard InChI is InChI=1S/C22H16Cl3N3O/c23-16-5-3-14(4-6-16)7-8-26-22(29)20-13-19(21-2-1-9-28(21)27-20)15-10-17(24)12-18(25)11-15/h1-6,9-13H,7-8H2,(H,26,29). The van der Waals surface area contributed by atoms with Crippen LogP contribution in [0.15, 0.2) is 66.9 Å². The van der Waals surface area contributed by atoms with Gasteiger partial charge in [-0.15, -0.1) is 0 Å². The molecule has 0 unspecified atom stereocenters. The molecule has 0 radical (unpaired) electrons. The van der Waals surface area contributed by atoms with E-state index >= 15 is 0 Å². The number of nitrogens with one attached hydrogen (secondary N) is 1. The molecule has 0 bridgehead atoms. The van der Waals surface area contributed by atoms with E-state index in [0.29, 0.717) is 33.7 Å². The Morgan fingerprint density at radius 3 is 2.38 bits per heavy atom. The quantitative estimate of drug-likeness (QED) is 0.414. The SMILES string of the molecule is O=C(NCCc1ccc(Cl)cc1)c1cc(-c2cc(Cl)cc(Cl)c2)c2cccn2n1. The molecule has 0 spiro atoms. The van der Waals surface area contributed by atoms with Crippen LogP contribution in [0.3, 0.4) is 0 Å². The van der Waals surface area contributed by atoms with Crippen LogP contribution in [-0.4, -0.2) is 22.1 Å². The van der Waals surface area contributed by atoms with Gasteiger partial charge in [-0.3, -0.25) is 4.79 Å². The minimum Gasteiger partial charge on any atom is -0.350 e. The number of amides is 1. The largest absolute Gasteiger partial charge is 0.350 e. The van der Waals surface area contributed by atoms with E-state index in [4.69, 9.17) is 34.8 Å². The zero-order valence-corrected chi connectivity index (χ0v) is 17.5. The predicted molar refractivity (Wildman–Crippen MR) is 118 cm³/mol. The molecule has 0 saturated heterocycles. The fourth-order valence-corrected chi connectivity index (χ4v) is 3.79. The third kappa shape index (κ3) is 4.56. The molecule has 0 aliphatic rings. The van der Waals surface area contributed by atoms with Crippen molar-refractivity contribution < 1.29 is 4.79 Å². The molecule has 146 valence electrons. The Bertz CT molecular complexity index is 1170. The average molecular weight is 445 g/mol. The number of aromatic nitrogens is 2. The van der Waals surface area contributed by atoms with E-state index in [1.165, 1.54) is 0 Å². The van der Waals surface area contributed by atoms with Gasteiger partial charge in [0.2, 0.25) is 0 Å². The van der Waals surface area contributed by atoms with Gasteiger partial charge in [-0.25, -0.2) is 4.52 Å². The minimum absolute atomic E-state index is 0.246. The molecule has 4 aromatic rings. The summed E-state index contributed by atoms with van der Waals surface area (Å²) in [6, 6.07) is 18.4. The number of hydrogen-bond donors (Lipinski definition) is 1. The molecule has 0 fully saturated rings. The van der Waals surface area contributed by atoms with Crippen LogP contribution in [0, 0.1) is 0 Å². The first-order valence-corrected chi connectivity index (χ1v) is 10.1. The van der Waals surface area contributed by atoms with Crippen LogP contribution in [0.1, 0.15) is 16.1 Å². The van der Waals surface area contributed by atoms with Gasteiger partial charge in [0, 0.05) is 33.4 Å². The Balaban J connectivity index is 1.58. The molecule has 2 aromatic heterocycles. The van der Waals surface area contributed by atoms with Gasteiger partial charge in [-0.05, 0) is 66.1 Å². The Hall–Kier alpha value is -2.53. The highest BCUT2D eigenvalue weighted by Gasteiger charge is 2.14. The zero-order valence-electron chi connectivity index (χ0n) is 15.2. The van der Waals surface area contributed by atoms with Crippen molar-refractivity contribution in [1.82, 2.24) is 14.9 Å². The van der Waals surface area contributed by atoms with Gasteiger partial charge >= 0.3 is 0 Å². The third-order valence-corrected chi connectivity index (χ3v) is 5.21. The van der Waals surface area contributed by atoms with Gasteiger partial charge in [0.25, 0.3) is 5.91 Å². The first kappa shape index (κ1) is 19.8. The topological polar surface area (TPSA) is 46.4 Å². The second-order valence-electron chi connectivity index (χ2n) is 6.57. The van der Waals surface area contributed by atoms with Crippen molar-refractivity contribution in [3.8, 4) is 11.1 Å². The second-order valence-corrected chi connectivity index (χ2v) is 7.88. The maximum atomic E-state index is 12.7. The molecule has 4 nitrogen and oxygen atoms in total. The molecule has 0 saturated carbocycles. The van der Waals surface area contributed by atoms with Gasteiger partial charge < -0.3 is 5.32 Å². The highest BCUT2D eigenvalue weighted by Crippen LogP contribution is 2.30. The number of nitrogens with zero attached hydrogens (tertiary/aromatic N) is 2. The molecule has 4 rings (SSSR count). The Morgan fingerprint density at radius 2 is 1.66 bits per heavy atom. The number of fused-ring (bicyclic) bond motifs is 1. The summed E-state index contributed by atoms with van der Waals surface area (Å²) in [4.78, 5) is 12.7. The fraction of sp³-hybridized carbons (Fsp3) is 0.0909. The molecule has 0 aliphatic heterocycles. The summed E-state index contributed by atoms with van der Waals surface area (Å²) in [5.41, 5.74) is 3.93. The van der Waals surface area contributed by atoms with Gasteiger partial charge in [-0.1, -0.05) is 46.9 Å². The maximum Gasteiger partial charge on any atom is 0.271 e. The zero-order chi connectivity index (χ0) is 20.4. The summed E-state index contributed by atoms with van der Waals surface area (Å²) >= 11 is 18.2. The van der Waals surface area contributed by atoms with E-state index in [1.807, 2.05) is 48.5 Å². The molecule has 1 amide bonds. The maximum absolute atomic E-state index is 12.7. The van der Waals surface area contributed by atoms with Gasteiger partial charge in [0.05, 0.1) is 5.52 Å². The Kier molecular flexibility index (Phi) is 5.76. The smallest absolute Gasteiger partial charge is 0.271 e. The lowest BCUT2D eigenvalue weighted by atomic mass is 10.0. The summed E-state index contributed by atoms with van der Waals surface area (Å²) in [7, 11) is 0. The highest BCUT2D eigenvalue weighted by molar-refractivity contribution is 6.35. The lowest BCUT2D eigenvalue weighted by Crippen LogP contribution is -2.27. The predicted octanol–water partition coefficient (Wildman–Crippen LogP) is 5.93. The molecule has 0 atom stereocenters. The van der Waals surface area contributed by atoms with E-state index in [9.17, 15) is 4.79 Å². The van der Waals surface area contributed by atoms with Crippen LogP contribution in [0.5, 0.6) is 0 Å². The second kappa shape index (κ2) is 8.46. The van der Waals surface area contributed by atoms with E-state index < -0.39 is 0 Å². The summed E-state index contributed by atoms with van der Waals surface area (Å²) in [6.45, 7) is 0.490. The Morgan fingerprint density at radius 1 is 0.931 bits per heavy atom. The first-order chi connectivity index (χ1) is 14.0. The summed E-state index contributed by atoms with van der Waals surface area (Å²) in [5.74, 6) is -0.246. The number of hydrogen-bond acceptors (Lipinski definition) is 2. The van der Waals surface area contributed by atoms with Crippen molar-refractivity contribution in [3.05, 3.63) is 93.2 Å². The minimum atomic E-state index is -0.246. The molecular formula is C22H16Cl3N3O. The molecule has 1 N–H and O–H groups in total. The summed E-state index contributed by atoms with van der Waals surface area (Å²) in [5, 5.41) is 9.10. The van der Waals surface area contributed by atoms with Crippen molar-refractivity contribution in [1.29, 1.82) is 0 Å². The summed E-state index contributed by atoms with van der Waals surface area (Å²) < 4.78 is 1.68. The fourth-order valence-electron chi connectivity index (χ4n) is 3.14. The number of rotatable bonds is 5. The van der Waals surface area contributed by atoms with Crippen molar-refractivity contribution in [3.63, 3.8) is 0 Å². The van der Waals surface area contributed by atoms with E-state index in [0.717, 1.165) is 22.2 Å². The lowest BCUT2D eigenvalue weighted by Gasteiger charge is -2.10. The molecule has 2 aromatic carbocycles. The van der Waals surface area contributed by atoms with Crippen molar-refractivity contribution in [2.75, 3.05) is 6.54 Å². The van der Waals surface area contributed by atoms with Gasteiger partial charge in [0.1, 0.15) is 5.69 Å². The third-order valence-electron chi connectivity index (χ3n) is 4.52. The van der Waals surface area contributed by atoms with Gasteiger partial charge in [0.15, 0.2) is 0 Å². The van der Waals surface area contributed by atoms with Crippen molar-refractivity contribution in [2.24, 2.45) is 0 Å². The normalized spacial score (nSPS) is 11.0. The number of benzene rings is 2. The average Bonchev–Trinajstić information content (AvgIpc) is 3.16. The van der Waals surface area contributed by atoms with Crippen LogP contribution >= 0.6 is 34.8 Å². The van der Waals surface area contributed by atoms with Crippen LogP contribution in [0.4, 0.5) is 0 Å². The number of halogens is 3. The van der Waals surface area contributed by atoms with E-state index in [2.05, 4.69) is 10.4 Å². The van der Waals surface area contributed by atoms with Gasteiger partial charge in [-0.2, -0.15) is 5.10 Å². The first-order valence-electron chi connectivity index (χ1n) is 8.97. The molecule has 2 heterocycles. The monoisotopic (exact) mass is 443 g/mol. The molecular weight excluding hydrogens is 429 g/mol. The molecule has 7 heteroatoms. The molecule has 29 heavy (non-hydrogen) atoms. The Labute approximate surface area is 183 Å². The van der Waals surface area contributed by atoms with Crippen LogP contribution in [0.2, 0.25) is 15.1 Å². The van der Waals surface area contributed by atoms with Crippen LogP contribution in [0.25, 0.3) is 16.6 Å². The highest BCUT2D eigenvalue weighted by atomic mass is 35.5. The number of carbonyl (C=O) groups is 1. The number of carbonyl (C=O) groups excluding carboxylic acids is 1. The van der Waals surface area contributed by atoms with E-state index in [-0.39, 0.29) is 5.91 Å². The van der Waals surface area contributed by atoms with Crippen LogP contribution in [-0.2, 0) is 6.42 Å². The van der Waals surface area contributed by atoms with Crippen molar-refractivity contribution in [2.45, 2.75) is 6.42 Å². The summed E-state index contributed by atoms with van der Waals surface area (Å²) in [6.07, 6.45) is 2.50. The lowest BCUT2D eigenvalue weighted by molar-refractivity contribution is 0.0948. The van der Waals surface area contributed by atoms with Crippen LogP contribution < -0.4 is 5.32 Å². The van der Waals surface area contributed by atoms with E-state index in [1.54, 1.807) is 22.8 Å². The van der Waals surface area contributed by atoms with Crippen molar-refractivity contribution >= 4 is 46.2 Å².